The normalized spacial score (nSPS) is 10.2. The predicted octanol–water partition coefficient (Wildman–Crippen LogP) is 1.87. The molecule has 0 radical (unpaired) electrons. The van der Waals surface area contributed by atoms with Crippen molar-refractivity contribution in [2.24, 2.45) is 0 Å². The summed E-state index contributed by atoms with van der Waals surface area (Å²) in [5.74, 6) is 0.725. The van der Waals surface area contributed by atoms with Crippen molar-refractivity contribution in [2.75, 3.05) is 6.61 Å². The van der Waals surface area contributed by atoms with Crippen molar-refractivity contribution in [3.05, 3.63) is 36.2 Å². The summed E-state index contributed by atoms with van der Waals surface area (Å²) in [5.41, 5.74) is 0.968. The molecule has 0 saturated heterocycles. The first-order chi connectivity index (χ1) is 7.40. The summed E-state index contributed by atoms with van der Waals surface area (Å²) < 4.78 is 9.39. The molecule has 4 nitrogen and oxygen atoms in total. The molecule has 0 aliphatic carbocycles. The summed E-state index contributed by atoms with van der Waals surface area (Å²) in [5, 5.41) is 9.40. The molecule has 0 atom stereocenters. The van der Waals surface area contributed by atoms with E-state index in [-0.39, 0.29) is 6.61 Å². The molecule has 1 heterocycles. The summed E-state index contributed by atoms with van der Waals surface area (Å²) in [6.07, 6.45) is 2.03. The highest BCUT2D eigenvalue weighted by atomic mass is 32.1. The Bertz CT molecular complexity index is 417. The van der Waals surface area contributed by atoms with Gasteiger partial charge in [0.15, 0.2) is 0 Å². The fourth-order valence-electron chi connectivity index (χ4n) is 1.23. The summed E-state index contributed by atoms with van der Waals surface area (Å²) in [7, 11) is 0. The number of nitrogens with zero attached hydrogens (tertiary/aromatic N) is 2. The number of hydrogen-bond donors (Lipinski definition) is 1. The summed E-state index contributed by atoms with van der Waals surface area (Å²) >= 11 is 1.20. The molecule has 0 amide bonds. The van der Waals surface area contributed by atoms with Gasteiger partial charge in [0.1, 0.15) is 12.1 Å². The van der Waals surface area contributed by atoms with Gasteiger partial charge in [-0.25, -0.2) is 0 Å². The molecule has 0 fully saturated rings. The number of benzene rings is 1. The molecule has 2 aromatic rings. The van der Waals surface area contributed by atoms with Crippen LogP contribution in [0.4, 0.5) is 0 Å². The highest BCUT2D eigenvalue weighted by Gasteiger charge is 2.05. The molecule has 0 spiro atoms. The molecule has 1 aromatic carbocycles. The van der Waals surface area contributed by atoms with Gasteiger partial charge in [0.25, 0.3) is 5.19 Å². The second-order valence-electron chi connectivity index (χ2n) is 2.89. The van der Waals surface area contributed by atoms with Crippen molar-refractivity contribution in [1.82, 2.24) is 9.36 Å². The molecule has 0 aliphatic heterocycles. The molecule has 0 bridgehead atoms. The van der Waals surface area contributed by atoms with E-state index in [0.29, 0.717) is 11.6 Å². The lowest BCUT2D eigenvalue weighted by Gasteiger charge is -2.06. The lowest BCUT2D eigenvalue weighted by molar-refractivity contribution is 0.298. The second kappa shape index (κ2) is 4.86. The van der Waals surface area contributed by atoms with Gasteiger partial charge in [-0.3, -0.25) is 0 Å². The van der Waals surface area contributed by atoms with Crippen LogP contribution in [0.2, 0.25) is 0 Å². The van der Waals surface area contributed by atoms with Gasteiger partial charge in [0, 0.05) is 18.1 Å². The van der Waals surface area contributed by atoms with Crippen molar-refractivity contribution >= 4 is 11.5 Å². The van der Waals surface area contributed by atoms with Crippen molar-refractivity contribution in [2.45, 2.75) is 6.42 Å². The predicted molar refractivity (Wildman–Crippen MR) is 57.2 cm³/mol. The first-order valence-electron chi connectivity index (χ1n) is 4.53. The molecular formula is C10H10N2O2S. The monoisotopic (exact) mass is 222 g/mol. The van der Waals surface area contributed by atoms with Gasteiger partial charge in [0.05, 0.1) is 0 Å². The largest absolute Gasteiger partial charge is 0.430 e. The zero-order valence-corrected chi connectivity index (χ0v) is 8.78. The van der Waals surface area contributed by atoms with Crippen LogP contribution in [-0.2, 0) is 6.42 Å². The molecule has 0 saturated carbocycles. The van der Waals surface area contributed by atoms with Gasteiger partial charge in [-0.05, 0) is 18.1 Å². The number of aliphatic hydroxyl groups excluding tert-OH is 1. The van der Waals surface area contributed by atoms with E-state index in [1.807, 2.05) is 24.3 Å². The zero-order valence-electron chi connectivity index (χ0n) is 7.96. The topological polar surface area (TPSA) is 55.2 Å². The van der Waals surface area contributed by atoms with E-state index < -0.39 is 0 Å². The van der Waals surface area contributed by atoms with Crippen LogP contribution in [0, 0.1) is 0 Å². The average Bonchev–Trinajstić information content (AvgIpc) is 2.74. The Morgan fingerprint density at radius 2 is 2.20 bits per heavy atom. The van der Waals surface area contributed by atoms with Crippen LogP contribution in [0.15, 0.2) is 30.6 Å². The minimum atomic E-state index is 0.108. The highest BCUT2D eigenvalue weighted by molar-refractivity contribution is 7.07. The van der Waals surface area contributed by atoms with Crippen molar-refractivity contribution < 1.29 is 9.84 Å². The minimum Gasteiger partial charge on any atom is -0.430 e. The fraction of sp³-hybridized carbons (Fsp3) is 0.200. The molecule has 0 unspecified atom stereocenters. The van der Waals surface area contributed by atoms with Gasteiger partial charge >= 0.3 is 0 Å². The molecule has 1 N–H and O–H groups in total. The molecule has 0 aliphatic rings. The van der Waals surface area contributed by atoms with E-state index in [1.165, 1.54) is 17.9 Å². The number of aromatic nitrogens is 2. The SMILES string of the molecule is OCCc1ccccc1Oc1ncns1. The van der Waals surface area contributed by atoms with Crippen LogP contribution in [0.3, 0.4) is 0 Å². The molecular weight excluding hydrogens is 212 g/mol. The average molecular weight is 222 g/mol. The van der Waals surface area contributed by atoms with Crippen LogP contribution in [0.25, 0.3) is 0 Å². The maximum Gasteiger partial charge on any atom is 0.298 e. The third-order valence-corrected chi connectivity index (χ3v) is 2.44. The summed E-state index contributed by atoms with van der Waals surface area (Å²) in [6.45, 7) is 0.108. The Kier molecular flexibility index (Phi) is 3.26. The third kappa shape index (κ3) is 2.51. The zero-order chi connectivity index (χ0) is 10.5. The number of ether oxygens (including phenoxy) is 1. The number of aliphatic hydroxyl groups is 1. The first kappa shape index (κ1) is 10.1. The molecule has 2 rings (SSSR count). The van der Waals surface area contributed by atoms with Crippen LogP contribution >= 0.6 is 11.5 Å². The highest BCUT2D eigenvalue weighted by Crippen LogP contribution is 2.25. The van der Waals surface area contributed by atoms with Crippen LogP contribution in [0.5, 0.6) is 10.9 Å². The number of rotatable bonds is 4. The van der Waals surface area contributed by atoms with E-state index in [4.69, 9.17) is 9.84 Å². The standard InChI is InChI=1S/C10H10N2O2S/c13-6-5-8-3-1-2-4-9(8)14-10-11-7-12-15-10/h1-4,7,13H,5-6H2. The van der Waals surface area contributed by atoms with Crippen molar-refractivity contribution in [3.8, 4) is 10.9 Å². The minimum absolute atomic E-state index is 0.108. The Labute approximate surface area is 91.3 Å². The Morgan fingerprint density at radius 1 is 1.33 bits per heavy atom. The van der Waals surface area contributed by atoms with E-state index in [0.717, 1.165) is 11.3 Å². The van der Waals surface area contributed by atoms with Crippen LogP contribution in [-0.4, -0.2) is 21.1 Å². The quantitative estimate of drug-likeness (QED) is 0.858. The molecule has 78 valence electrons. The number of para-hydroxylation sites is 1. The third-order valence-electron chi connectivity index (χ3n) is 1.89. The van der Waals surface area contributed by atoms with Crippen LogP contribution in [0.1, 0.15) is 5.56 Å². The molecule has 5 heteroatoms. The fourth-order valence-corrected chi connectivity index (χ4v) is 1.64. The van der Waals surface area contributed by atoms with Gasteiger partial charge in [-0.1, -0.05) is 18.2 Å². The Balaban J connectivity index is 2.20. The maximum absolute atomic E-state index is 8.89. The lowest BCUT2D eigenvalue weighted by atomic mass is 10.1. The van der Waals surface area contributed by atoms with Gasteiger partial charge in [-0.2, -0.15) is 9.36 Å². The summed E-state index contributed by atoms with van der Waals surface area (Å²) in [6, 6.07) is 7.58. The second-order valence-corrected chi connectivity index (χ2v) is 3.63. The van der Waals surface area contributed by atoms with E-state index in [9.17, 15) is 0 Å². The van der Waals surface area contributed by atoms with Gasteiger partial charge in [0.2, 0.25) is 0 Å². The van der Waals surface area contributed by atoms with E-state index in [2.05, 4.69) is 9.36 Å². The Morgan fingerprint density at radius 3 is 2.93 bits per heavy atom. The molecule has 15 heavy (non-hydrogen) atoms. The number of hydrogen-bond acceptors (Lipinski definition) is 5. The van der Waals surface area contributed by atoms with Gasteiger partial charge < -0.3 is 9.84 Å². The van der Waals surface area contributed by atoms with Crippen molar-refractivity contribution in [3.63, 3.8) is 0 Å². The lowest BCUT2D eigenvalue weighted by Crippen LogP contribution is -1.94. The van der Waals surface area contributed by atoms with E-state index in [1.54, 1.807) is 0 Å². The molecule has 1 aromatic heterocycles. The smallest absolute Gasteiger partial charge is 0.298 e. The van der Waals surface area contributed by atoms with Gasteiger partial charge in [-0.15, -0.1) is 0 Å². The van der Waals surface area contributed by atoms with E-state index >= 15 is 0 Å². The first-order valence-corrected chi connectivity index (χ1v) is 5.31. The van der Waals surface area contributed by atoms with Crippen molar-refractivity contribution in [1.29, 1.82) is 0 Å². The maximum atomic E-state index is 8.89. The van der Waals surface area contributed by atoms with Crippen LogP contribution < -0.4 is 4.74 Å². The summed E-state index contributed by atoms with van der Waals surface area (Å²) in [4.78, 5) is 3.94. The Hall–Kier alpha value is -1.46.